The molecule has 2 heteroatoms. The van der Waals surface area contributed by atoms with Gasteiger partial charge in [0.1, 0.15) is 5.82 Å². The highest BCUT2D eigenvalue weighted by Crippen LogP contribution is 2.39. The number of hydrogen-bond donors (Lipinski definition) is 1. The zero-order valence-corrected chi connectivity index (χ0v) is 10.2. The molecule has 18 heavy (non-hydrogen) atoms. The lowest BCUT2D eigenvalue weighted by atomic mass is 9.77. The molecule has 1 nitrogen and oxygen atoms in total. The van der Waals surface area contributed by atoms with Gasteiger partial charge in [-0.1, -0.05) is 42.5 Å². The van der Waals surface area contributed by atoms with Gasteiger partial charge in [-0.2, -0.15) is 0 Å². The number of halogens is 1. The van der Waals surface area contributed by atoms with Crippen molar-refractivity contribution in [2.75, 3.05) is 6.54 Å². The van der Waals surface area contributed by atoms with Crippen molar-refractivity contribution in [3.05, 3.63) is 71.0 Å². The molecule has 0 amide bonds. The van der Waals surface area contributed by atoms with Gasteiger partial charge in [0, 0.05) is 12.0 Å². The standard InChI is InChI=1S/C16H16FN/c17-15-8-4-3-7-14(15)16(11-18)9-12-5-1-2-6-13(12)10-16/h1-8H,9-11,18H2. The lowest BCUT2D eigenvalue weighted by Crippen LogP contribution is -2.36. The van der Waals surface area contributed by atoms with Crippen LogP contribution < -0.4 is 5.73 Å². The van der Waals surface area contributed by atoms with Crippen molar-refractivity contribution in [1.82, 2.24) is 0 Å². The van der Waals surface area contributed by atoms with Crippen LogP contribution in [-0.4, -0.2) is 6.54 Å². The molecule has 2 aromatic carbocycles. The average Bonchev–Trinajstić information content (AvgIpc) is 2.79. The van der Waals surface area contributed by atoms with Crippen LogP contribution in [0.4, 0.5) is 4.39 Å². The van der Waals surface area contributed by atoms with Gasteiger partial charge in [0.2, 0.25) is 0 Å². The van der Waals surface area contributed by atoms with Crippen molar-refractivity contribution in [1.29, 1.82) is 0 Å². The van der Waals surface area contributed by atoms with E-state index < -0.39 is 0 Å². The predicted octanol–water partition coefficient (Wildman–Crippen LogP) is 2.82. The molecule has 0 saturated carbocycles. The normalized spacial score (nSPS) is 16.6. The number of rotatable bonds is 2. The summed E-state index contributed by atoms with van der Waals surface area (Å²) in [6.07, 6.45) is 1.67. The molecule has 2 N–H and O–H groups in total. The van der Waals surface area contributed by atoms with Gasteiger partial charge in [-0.05, 0) is 35.6 Å². The maximum absolute atomic E-state index is 14.0. The molecule has 3 rings (SSSR count). The second-order valence-corrected chi connectivity index (χ2v) is 5.09. The number of benzene rings is 2. The Kier molecular flexibility index (Phi) is 2.67. The van der Waals surface area contributed by atoms with Crippen molar-refractivity contribution in [2.45, 2.75) is 18.3 Å². The van der Waals surface area contributed by atoms with Crippen LogP contribution in [0.25, 0.3) is 0 Å². The zero-order valence-electron chi connectivity index (χ0n) is 10.2. The molecule has 0 fully saturated rings. The van der Waals surface area contributed by atoms with Crippen molar-refractivity contribution in [2.24, 2.45) is 5.73 Å². The van der Waals surface area contributed by atoms with Crippen LogP contribution in [0.3, 0.4) is 0 Å². The second-order valence-electron chi connectivity index (χ2n) is 5.09. The fourth-order valence-electron chi connectivity index (χ4n) is 3.03. The van der Waals surface area contributed by atoms with Gasteiger partial charge in [0.05, 0.1) is 0 Å². The summed E-state index contributed by atoms with van der Waals surface area (Å²) in [5, 5.41) is 0. The Bertz CT molecular complexity index is 552. The van der Waals surface area contributed by atoms with Gasteiger partial charge in [-0.3, -0.25) is 0 Å². The minimum Gasteiger partial charge on any atom is -0.330 e. The van der Waals surface area contributed by atoms with Gasteiger partial charge >= 0.3 is 0 Å². The lowest BCUT2D eigenvalue weighted by Gasteiger charge is -2.28. The summed E-state index contributed by atoms with van der Waals surface area (Å²) in [4.78, 5) is 0. The van der Waals surface area contributed by atoms with E-state index in [1.807, 2.05) is 24.3 Å². The summed E-state index contributed by atoms with van der Waals surface area (Å²) in [7, 11) is 0. The van der Waals surface area contributed by atoms with Gasteiger partial charge in [-0.25, -0.2) is 4.39 Å². The third-order valence-corrected chi connectivity index (χ3v) is 4.01. The number of hydrogen-bond acceptors (Lipinski definition) is 1. The number of fused-ring (bicyclic) bond motifs is 1. The first-order valence-electron chi connectivity index (χ1n) is 6.27. The smallest absolute Gasteiger partial charge is 0.127 e. The van der Waals surface area contributed by atoms with Crippen LogP contribution >= 0.6 is 0 Å². The van der Waals surface area contributed by atoms with Crippen LogP contribution in [0.15, 0.2) is 48.5 Å². The summed E-state index contributed by atoms with van der Waals surface area (Å²) in [5.74, 6) is -0.143. The fourth-order valence-corrected chi connectivity index (χ4v) is 3.03. The Balaban J connectivity index is 2.08. The largest absolute Gasteiger partial charge is 0.330 e. The molecule has 0 atom stereocenters. The molecule has 92 valence electrons. The first-order valence-corrected chi connectivity index (χ1v) is 6.27. The molecule has 0 aliphatic heterocycles. The third-order valence-electron chi connectivity index (χ3n) is 4.01. The second kappa shape index (κ2) is 4.21. The minimum atomic E-state index is -0.269. The molecule has 0 bridgehead atoms. The predicted molar refractivity (Wildman–Crippen MR) is 71.0 cm³/mol. The van der Waals surface area contributed by atoms with Gasteiger partial charge < -0.3 is 5.73 Å². The molecule has 0 aromatic heterocycles. The SMILES string of the molecule is NCC1(c2ccccc2F)Cc2ccccc2C1. The topological polar surface area (TPSA) is 26.0 Å². The summed E-state index contributed by atoms with van der Waals surface area (Å²) < 4.78 is 14.0. The van der Waals surface area contributed by atoms with Gasteiger partial charge in [0.15, 0.2) is 0 Å². The van der Waals surface area contributed by atoms with E-state index in [9.17, 15) is 4.39 Å². The van der Waals surface area contributed by atoms with Crippen LogP contribution in [-0.2, 0) is 18.3 Å². The molecular formula is C16H16FN. The van der Waals surface area contributed by atoms with E-state index in [4.69, 9.17) is 5.73 Å². The highest BCUT2D eigenvalue weighted by atomic mass is 19.1. The van der Waals surface area contributed by atoms with Crippen LogP contribution in [0.2, 0.25) is 0 Å². The van der Waals surface area contributed by atoms with E-state index in [2.05, 4.69) is 12.1 Å². The van der Waals surface area contributed by atoms with E-state index in [1.165, 1.54) is 17.2 Å². The Morgan fingerprint density at radius 2 is 1.50 bits per heavy atom. The van der Waals surface area contributed by atoms with Crippen molar-refractivity contribution < 1.29 is 4.39 Å². The highest BCUT2D eigenvalue weighted by molar-refractivity contribution is 5.42. The molecule has 1 aliphatic carbocycles. The van der Waals surface area contributed by atoms with Crippen LogP contribution in [0.5, 0.6) is 0 Å². The molecular weight excluding hydrogens is 225 g/mol. The summed E-state index contributed by atoms with van der Waals surface area (Å²) in [5.41, 5.74) is 9.06. The quantitative estimate of drug-likeness (QED) is 0.859. The van der Waals surface area contributed by atoms with Crippen molar-refractivity contribution in [3.63, 3.8) is 0 Å². The summed E-state index contributed by atoms with van der Waals surface area (Å²) in [6, 6.07) is 15.3. The molecule has 0 saturated heterocycles. The van der Waals surface area contributed by atoms with Crippen LogP contribution in [0, 0.1) is 5.82 Å². The van der Waals surface area contributed by atoms with Crippen molar-refractivity contribution in [3.8, 4) is 0 Å². The highest BCUT2D eigenvalue weighted by Gasteiger charge is 2.39. The fraction of sp³-hybridized carbons (Fsp3) is 0.250. The van der Waals surface area contributed by atoms with Gasteiger partial charge in [0.25, 0.3) is 0 Å². The van der Waals surface area contributed by atoms with E-state index in [0.717, 1.165) is 18.4 Å². The number of nitrogens with two attached hydrogens (primary N) is 1. The Morgan fingerprint density at radius 1 is 0.944 bits per heavy atom. The van der Waals surface area contributed by atoms with E-state index >= 15 is 0 Å². The Morgan fingerprint density at radius 3 is 2.06 bits per heavy atom. The summed E-state index contributed by atoms with van der Waals surface area (Å²) in [6.45, 7) is 0.475. The first kappa shape index (κ1) is 11.4. The maximum atomic E-state index is 14.0. The monoisotopic (exact) mass is 241 g/mol. The van der Waals surface area contributed by atoms with Crippen molar-refractivity contribution >= 4 is 0 Å². The van der Waals surface area contributed by atoms with Gasteiger partial charge in [-0.15, -0.1) is 0 Å². The zero-order chi connectivity index (χ0) is 12.6. The Hall–Kier alpha value is -1.67. The summed E-state index contributed by atoms with van der Waals surface area (Å²) >= 11 is 0. The molecule has 2 aromatic rings. The van der Waals surface area contributed by atoms with E-state index in [0.29, 0.717) is 6.54 Å². The maximum Gasteiger partial charge on any atom is 0.127 e. The Labute approximate surface area is 106 Å². The third kappa shape index (κ3) is 1.65. The van der Waals surface area contributed by atoms with Crippen LogP contribution in [0.1, 0.15) is 16.7 Å². The van der Waals surface area contributed by atoms with E-state index in [1.54, 1.807) is 6.07 Å². The molecule has 1 aliphatic rings. The first-order chi connectivity index (χ1) is 8.75. The lowest BCUT2D eigenvalue weighted by molar-refractivity contribution is 0.435. The van der Waals surface area contributed by atoms with E-state index in [-0.39, 0.29) is 11.2 Å². The average molecular weight is 241 g/mol. The molecule has 0 radical (unpaired) electrons. The molecule has 0 spiro atoms. The molecule has 0 unspecified atom stereocenters. The molecule has 0 heterocycles. The minimum absolute atomic E-state index is 0.143.